The maximum absolute atomic E-state index is 9.11. The number of anilines is 1. The maximum Gasteiger partial charge on any atom is 0.225 e. The van der Waals surface area contributed by atoms with Crippen molar-refractivity contribution in [3.63, 3.8) is 0 Å². The Labute approximate surface area is 131 Å². The van der Waals surface area contributed by atoms with Gasteiger partial charge in [-0.3, -0.25) is 0 Å². The predicted molar refractivity (Wildman–Crippen MR) is 88.2 cm³/mol. The molecule has 0 radical (unpaired) electrons. The number of benzene rings is 1. The smallest absolute Gasteiger partial charge is 0.225 e. The lowest BCUT2D eigenvalue weighted by Crippen LogP contribution is -2.22. The third-order valence-electron chi connectivity index (χ3n) is 3.20. The Morgan fingerprint density at radius 3 is 2.71 bits per heavy atom. The summed E-state index contributed by atoms with van der Waals surface area (Å²) in [6, 6.07) is 12.2. The molecule has 0 aliphatic carbocycles. The topological polar surface area (TPSA) is 49.2 Å². The molecule has 0 atom stereocenters. The van der Waals surface area contributed by atoms with Crippen molar-refractivity contribution < 1.29 is 5.11 Å². The zero-order valence-corrected chi connectivity index (χ0v) is 13.0. The summed E-state index contributed by atoms with van der Waals surface area (Å²) in [5.41, 5.74) is 1.15. The highest BCUT2D eigenvalue weighted by Crippen LogP contribution is 2.36. The fourth-order valence-electron chi connectivity index (χ4n) is 2.17. The average molecular weight is 320 g/mol. The number of nitrogens with zero attached hydrogens (tertiary/aromatic N) is 3. The van der Waals surface area contributed by atoms with Gasteiger partial charge in [0.25, 0.3) is 0 Å². The molecule has 0 saturated carbocycles. The van der Waals surface area contributed by atoms with E-state index in [0.29, 0.717) is 6.54 Å². The van der Waals surface area contributed by atoms with E-state index < -0.39 is 0 Å². The van der Waals surface area contributed by atoms with Gasteiger partial charge in [-0.1, -0.05) is 30.3 Å². The van der Waals surface area contributed by atoms with E-state index in [1.165, 1.54) is 0 Å². The number of fused-ring (bicyclic) bond motifs is 1. The molecule has 2 heterocycles. The van der Waals surface area contributed by atoms with Crippen molar-refractivity contribution >= 4 is 39.0 Å². The lowest BCUT2D eigenvalue weighted by molar-refractivity contribution is 0.304. The second kappa shape index (κ2) is 5.97. The Morgan fingerprint density at radius 1 is 1.24 bits per heavy atom. The van der Waals surface area contributed by atoms with Crippen molar-refractivity contribution in [1.82, 2.24) is 9.97 Å². The van der Waals surface area contributed by atoms with Gasteiger partial charge in [0.15, 0.2) is 0 Å². The molecule has 3 aromatic rings. The first-order valence-corrected chi connectivity index (χ1v) is 7.73. The van der Waals surface area contributed by atoms with Crippen molar-refractivity contribution in [1.29, 1.82) is 0 Å². The van der Waals surface area contributed by atoms with E-state index in [2.05, 4.69) is 28.2 Å². The predicted octanol–water partition coefficient (Wildman–Crippen LogP) is 3.44. The number of rotatable bonds is 4. The minimum absolute atomic E-state index is 0.0648. The summed E-state index contributed by atoms with van der Waals surface area (Å²) in [7, 11) is 1.88. The zero-order valence-electron chi connectivity index (χ0n) is 11.5. The normalized spacial score (nSPS) is 11.0. The van der Waals surface area contributed by atoms with E-state index in [9.17, 15) is 0 Å². The highest BCUT2D eigenvalue weighted by Gasteiger charge is 2.14. The molecule has 0 fully saturated rings. The number of hydrogen-bond acceptors (Lipinski definition) is 5. The highest BCUT2D eigenvalue weighted by molar-refractivity contribution is 7.22. The number of halogens is 1. The Morgan fingerprint density at radius 2 is 2.00 bits per heavy atom. The molecular weight excluding hydrogens is 306 g/mol. The first-order chi connectivity index (χ1) is 10.2. The van der Waals surface area contributed by atoms with Gasteiger partial charge in [-0.05, 0) is 23.2 Å². The summed E-state index contributed by atoms with van der Waals surface area (Å²) in [6.07, 6.45) is 0. The maximum atomic E-state index is 9.11. The lowest BCUT2D eigenvalue weighted by atomic mass is 10.2. The van der Waals surface area contributed by atoms with Gasteiger partial charge in [-0.2, -0.15) is 4.98 Å². The van der Waals surface area contributed by atoms with Crippen LogP contribution in [-0.4, -0.2) is 35.3 Å². The Balaban J connectivity index is 2.14. The molecule has 0 bridgehead atoms. The van der Waals surface area contributed by atoms with Crippen molar-refractivity contribution in [3.8, 4) is 10.4 Å². The molecule has 0 saturated heterocycles. The van der Waals surface area contributed by atoms with Crippen LogP contribution in [0.1, 0.15) is 0 Å². The van der Waals surface area contributed by atoms with Crippen molar-refractivity contribution in [2.24, 2.45) is 0 Å². The van der Waals surface area contributed by atoms with Gasteiger partial charge in [0.1, 0.15) is 10.6 Å². The van der Waals surface area contributed by atoms with Crippen LogP contribution >= 0.6 is 22.9 Å². The van der Waals surface area contributed by atoms with Crippen LogP contribution in [0.15, 0.2) is 36.4 Å². The lowest BCUT2D eigenvalue weighted by Gasteiger charge is -2.17. The first-order valence-electron chi connectivity index (χ1n) is 6.53. The molecule has 6 heteroatoms. The van der Waals surface area contributed by atoms with Crippen LogP contribution in [0.2, 0.25) is 5.28 Å². The second-order valence-electron chi connectivity index (χ2n) is 4.66. The standard InChI is InChI=1S/C15H14ClN3OS/c1-19(7-8-20)13-11-9-12(10-5-3-2-4-6-10)21-14(11)18-15(16)17-13/h2-6,9,20H,7-8H2,1H3. The number of aromatic nitrogens is 2. The van der Waals surface area contributed by atoms with Gasteiger partial charge in [-0.25, -0.2) is 4.98 Å². The molecule has 21 heavy (non-hydrogen) atoms. The number of hydrogen-bond donors (Lipinski definition) is 1. The molecule has 2 aromatic heterocycles. The monoisotopic (exact) mass is 319 g/mol. The van der Waals surface area contributed by atoms with E-state index in [1.807, 2.05) is 30.1 Å². The van der Waals surface area contributed by atoms with Crippen LogP contribution in [0, 0.1) is 0 Å². The van der Waals surface area contributed by atoms with E-state index in [1.54, 1.807) is 11.3 Å². The largest absolute Gasteiger partial charge is 0.395 e. The van der Waals surface area contributed by atoms with Crippen LogP contribution in [0.3, 0.4) is 0 Å². The third kappa shape index (κ3) is 2.85. The van der Waals surface area contributed by atoms with E-state index in [0.717, 1.165) is 26.5 Å². The van der Waals surface area contributed by atoms with Gasteiger partial charge < -0.3 is 10.0 Å². The summed E-state index contributed by atoms with van der Waals surface area (Å²) in [5, 5.41) is 10.3. The summed E-state index contributed by atoms with van der Waals surface area (Å²) in [5.74, 6) is 0.748. The molecular formula is C15H14ClN3OS. The quantitative estimate of drug-likeness (QED) is 0.748. The Hall–Kier alpha value is -1.69. The number of aliphatic hydroxyl groups excluding tert-OH is 1. The zero-order chi connectivity index (χ0) is 14.8. The molecule has 0 aliphatic heterocycles. The van der Waals surface area contributed by atoms with E-state index in [-0.39, 0.29) is 11.9 Å². The van der Waals surface area contributed by atoms with Crippen LogP contribution in [0.25, 0.3) is 20.7 Å². The highest BCUT2D eigenvalue weighted by atomic mass is 35.5. The molecule has 108 valence electrons. The number of aliphatic hydroxyl groups is 1. The minimum Gasteiger partial charge on any atom is -0.395 e. The van der Waals surface area contributed by atoms with Crippen molar-refractivity contribution in [2.75, 3.05) is 25.1 Å². The molecule has 1 N–H and O–H groups in total. The molecule has 0 aliphatic rings. The summed E-state index contributed by atoms with van der Waals surface area (Å²) >= 11 is 7.61. The molecule has 0 spiro atoms. The molecule has 0 amide bonds. The van der Waals surface area contributed by atoms with Crippen LogP contribution < -0.4 is 4.90 Å². The van der Waals surface area contributed by atoms with E-state index in [4.69, 9.17) is 16.7 Å². The van der Waals surface area contributed by atoms with Gasteiger partial charge in [-0.15, -0.1) is 11.3 Å². The first kappa shape index (κ1) is 14.3. The minimum atomic E-state index is 0.0648. The molecule has 4 nitrogen and oxygen atoms in total. The van der Waals surface area contributed by atoms with Crippen LogP contribution in [0.5, 0.6) is 0 Å². The van der Waals surface area contributed by atoms with Crippen molar-refractivity contribution in [2.45, 2.75) is 0 Å². The Bertz CT molecular complexity index is 760. The second-order valence-corrected chi connectivity index (χ2v) is 6.03. The Kier molecular flexibility index (Phi) is 4.05. The molecule has 1 aromatic carbocycles. The van der Waals surface area contributed by atoms with Gasteiger partial charge in [0.2, 0.25) is 5.28 Å². The van der Waals surface area contributed by atoms with E-state index >= 15 is 0 Å². The number of thiophene rings is 1. The third-order valence-corrected chi connectivity index (χ3v) is 4.45. The fourth-order valence-corrected chi connectivity index (χ4v) is 3.42. The number of likely N-dealkylation sites (N-methyl/N-ethyl adjacent to an activating group) is 1. The summed E-state index contributed by atoms with van der Waals surface area (Å²) < 4.78 is 0. The fraction of sp³-hybridized carbons (Fsp3) is 0.200. The SMILES string of the molecule is CN(CCO)c1nc(Cl)nc2sc(-c3ccccc3)cc12. The summed E-state index contributed by atoms with van der Waals surface area (Å²) in [6.45, 7) is 0.564. The van der Waals surface area contributed by atoms with Crippen molar-refractivity contribution in [3.05, 3.63) is 41.7 Å². The van der Waals surface area contributed by atoms with Gasteiger partial charge in [0, 0.05) is 18.5 Å². The molecule has 3 rings (SSSR count). The molecule has 0 unspecified atom stereocenters. The van der Waals surface area contributed by atoms with Crippen LogP contribution in [0.4, 0.5) is 5.82 Å². The van der Waals surface area contributed by atoms with Gasteiger partial charge >= 0.3 is 0 Å². The van der Waals surface area contributed by atoms with Crippen LogP contribution in [-0.2, 0) is 0 Å². The average Bonchev–Trinajstić information content (AvgIpc) is 2.91. The van der Waals surface area contributed by atoms with Gasteiger partial charge in [0.05, 0.1) is 12.0 Å². The summed E-state index contributed by atoms with van der Waals surface area (Å²) in [4.78, 5) is 12.5.